The van der Waals surface area contributed by atoms with Crippen molar-refractivity contribution in [1.82, 2.24) is 14.6 Å². The predicted molar refractivity (Wildman–Crippen MR) is 75.9 cm³/mol. The van der Waals surface area contributed by atoms with E-state index in [-0.39, 0.29) is 6.10 Å². The van der Waals surface area contributed by atoms with Crippen molar-refractivity contribution in [1.29, 1.82) is 0 Å². The van der Waals surface area contributed by atoms with E-state index < -0.39 is 5.76 Å². The Morgan fingerprint density at radius 1 is 1.50 bits per heavy atom. The monoisotopic (exact) mass is 295 g/mol. The van der Waals surface area contributed by atoms with Crippen LogP contribution in [0.2, 0.25) is 0 Å². The van der Waals surface area contributed by atoms with Crippen molar-refractivity contribution in [2.75, 3.05) is 26.2 Å². The molecule has 0 spiro atoms. The van der Waals surface area contributed by atoms with Gasteiger partial charge in [-0.05, 0) is 18.4 Å². The summed E-state index contributed by atoms with van der Waals surface area (Å²) >= 11 is 1.55. The molecule has 0 aliphatic carbocycles. The van der Waals surface area contributed by atoms with Crippen molar-refractivity contribution in [2.45, 2.75) is 19.6 Å². The van der Waals surface area contributed by atoms with Crippen LogP contribution >= 0.6 is 11.3 Å². The highest BCUT2D eigenvalue weighted by Crippen LogP contribution is 2.21. The number of thiophene rings is 1. The molecule has 1 atom stereocenters. The van der Waals surface area contributed by atoms with Gasteiger partial charge in [0.25, 0.3) is 0 Å². The summed E-state index contributed by atoms with van der Waals surface area (Å²) in [6, 6.07) is 3.88. The molecule has 2 aromatic heterocycles. The van der Waals surface area contributed by atoms with Gasteiger partial charge in [-0.15, -0.1) is 11.3 Å². The summed E-state index contributed by atoms with van der Waals surface area (Å²) in [5.41, 5.74) is 0. The first kappa shape index (κ1) is 13.5. The van der Waals surface area contributed by atoms with Gasteiger partial charge in [0.15, 0.2) is 5.82 Å². The fraction of sp³-hybridized carbons (Fsp3) is 0.538. The van der Waals surface area contributed by atoms with Gasteiger partial charge in [-0.25, -0.2) is 4.79 Å². The SMILES string of the molecule is CC1CN(CCn2c(-c3cccs3)noc2=O)CCO1. The van der Waals surface area contributed by atoms with Crippen LogP contribution in [0.1, 0.15) is 6.92 Å². The average Bonchev–Trinajstić information content (AvgIpc) is 3.06. The Bertz CT molecular complexity index is 605. The number of ether oxygens (including phenoxy) is 1. The predicted octanol–water partition coefficient (Wildman–Crippen LogP) is 1.29. The number of aromatic nitrogens is 2. The first-order valence-corrected chi connectivity index (χ1v) is 7.56. The number of hydrogen-bond acceptors (Lipinski definition) is 6. The largest absolute Gasteiger partial charge is 0.441 e. The Morgan fingerprint density at radius 3 is 3.15 bits per heavy atom. The summed E-state index contributed by atoms with van der Waals surface area (Å²) in [4.78, 5) is 15.0. The second-order valence-corrected chi connectivity index (χ2v) is 5.83. The lowest BCUT2D eigenvalue weighted by Crippen LogP contribution is -2.42. The molecule has 20 heavy (non-hydrogen) atoms. The molecule has 0 N–H and O–H groups in total. The van der Waals surface area contributed by atoms with E-state index in [1.54, 1.807) is 15.9 Å². The molecule has 3 rings (SSSR count). The van der Waals surface area contributed by atoms with Crippen molar-refractivity contribution < 1.29 is 9.26 Å². The van der Waals surface area contributed by atoms with E-state index in [1.807, 2.05) is 17.5 Å². The number of rotatable bonds is 4. The number of morpholine rings is 1. The second-order valence-electron chi connectivity index (χ2n) is 4.88. The fourth-order valence-corrected chi connectivity index (χ4v) is 3.10. The minimum Gasteiger partial charge on any atom is -0.376 e. The molecule has 1 fully saturated rings. The first-order valence-electron chi connectivity index (χ1n) is 6.68. The topological polar surface area (TPSA) is 60.5 Å². The quantitative estimate of drug-likeness (QED) is 0.850. The Morgan fingerprint density at radius 2 is 2.40 bits per heavy atom. The van der Waals surface area contributed by atoms with E-state index in [1.165, 1.54) is 0 Å². The van der Waals surface area contributed by atoms with Crippen LogP contribution in [0.4, 0.5) is 0 Å². The number of hydrogen-bond donors (Lipinski definition) is 0. The summed E-state index contributed by atoms with van der Waals surface area (Å²) in [7, 11) is 0. The fourth-order valence-electron chi connectivity index (χ4n) is 2.38. The van der Waals surface area contributed by atoms with Crippen molar-refractivity contribution >= 4 is 11.3 Å². The molecule has 0 bridgehead atoms. The molecule has 1 aliphatic heterocycles. The molecule has 2 aromatic rings. The van der Waals surface area contributed by atoms with E-state index in [4.69, 9.17) is 9.26 Å². The van der Waals surface area contributed by atoms with E-state index in [9.17, 15) is 4.79 Å². The highest BCUT2D eigenvalue weighted by Gasteiger charge is 2.18. The van der Waals surface area contributed by atoms with Gasteiger partial charge in [-0.3, -0.25) is 14.0 Å². The summed E-state index contributed by atoms with van der Waals surface area (Å²) in [5.74, 6) is 0.223. The van der Waals surface area contributed by atoms with Crippen LogP contribution < -0.4 is 5.76 Å². The molecule has 0 saturated carbocycles. The maximum atomic E-state index is 11.8. The number of nitrogens with zero attached hydrogens (tertiary/aromatic N) is 3. The zero-order valence-corrected chi connectivity index (χ0v) is 12.1. The third kappa shape index (κ3) is 2.84. The van der Waals surface area contributed by atoms with Crippen LogP contribution in [-0.4, -0.2) is 47.0 Å². The van der Waals surface area contributed by atoms with Crippen LogP contribution in [0.3, 0.4) is 0 Å². The molecule has 0 aromatic carbocycles. The van der Waals surface area contributed by atoms with Gasteiger partial charge in [0.1, 0.15) is 0 Å². The van der Waals surface area contributed by atoms with E-state index in [0.29, 0.717) is 12.4 Å². The summed E-state index contributed by atoms with van der Waals surface area (Å²) in [6.07, 6.45) is 0.250. The van der Waals surface area contributed by atoms with Gasteiger partial charge in [0, 0.05) is 26.2 Å². The molecular weight excluding hydrogens is 278 g/mol. The van der Waals surface area contributed by atoms with E-state index in [0.717, 1.165) is 31.1 Å². The highest BCUT2D eigenvalue weighted by molar-refractivity contribution is 7.13. The van der Waals surface area contributed by atoms with Gasteiger partial charge in [-0.1, -0.05) is 11.2 Å². The molecule has 1 aliphatic rings. The minimum absolute atomic E-state index is 0.250. The standard InChI is InChI=1S/C13H17N3O3S/c1-10-9-15(6-7-18-10)4-5-16-12(14-19-13(16)17)11-3-2-8-20-11/h2-3,8,10H,4-7,9H2,1H3. The van der Waals surface area contributed by atoms with Crippen molar-refractivity contribution in [3.63, 3.8) is 0 Å². The van der Waals surface area contributed by atoms with Crippen LogP contribution in [0.25, 0.3) is 10.7 Å². The molecular formula is C13H17N3O3S. The Hall–Kier alpha value is -1.44. The highest BCUT2D eigenvalue weighted by atomic mass is 32.1. The average molecular weight is 295 g/mol. The van der Waals surface area contributed by atoms with Crippen molar-refractivity contribution in [3.8, 4) is 10.7 Å². The van der Waals surface area contributed by atoms with Crippen LogP contribution in [0, 0.1) is 0 Å². The summed E-state index contributed by atoms with van der Waals surface area (Å²) in [6.45, 7) is 5.99. The van der Waals surface area contributed by atoms with Crippen LogP contribution in [0.5, 0.6) is 0 Å². The molecule has 0 amide bonds. The zero-order valence-electron chi connectivity index (χ0n) is 11.3. The summed E-state index contributed by atoms with van der Waals surface area (Å²) < 4.78 is 11.9. The molecule has 3 heterocycles. The van der Waals surface area contributed by atoms with Crippen molar-refractivity contribution in [2.24, 2.45) is 0 Å². The zero-order chi connectivity index (χ0) is 13.9. The van der Waals surface area contributed by atoms with Crippen molar-refractivity contribution in [3.05, 3.63) is 28.1 Å². The van der Waals surface area contributed by atoms with E-state index in [2.05, 4.69) is 17.0 Å². The molecule has 1 unspecified atom stereocenters. The third-order valence-electron chi connectivity index (χ3n) is 3.39. The minimum atomic E-state index is -0.394. The van der Waals surface area contributed by atoms with Gasteiger partial charge >= 0.3 is 5.76 Å². The third-order valence-corrected chi connectivity index (χ3v) is 4.26. The maximum Gasteiger partial charge on any atom is 0.441 e. The Labute approximate surface area is 120 Å². The smallest absolute Gasteiger partial charge is 0.376 e. The maximum absolute atomic E-state index is 11.8. The lowest BCUT2D eigenvalue weighted by atomic mass is 10.3. The lowest BCUT2D eigenvalue weighted by Gasteiger charge is -2.30. The molecule has 6 nitrogen and oxygen atoms in total. The van der Waals surface area contributed by atoms with Gasteiger partial charge in [0.2, 0.25) is 0 Å². The Balaban J connectivity index is 1.71. The van der Waals surface area contributed by atoms with E-state index >= 15 is 0 Å². The molecule has 0 radical (unpaired) electrons. The molecule has 1 saturated heterocycles. The van der Waals surface area contributed by atoms with Gasteiger partial charge < -0.3 is 4.74 Å². The summed E-state index contributed by atoms with van der Waals surface area (Å²) in [5, 5.41) is 5.84. The van der Waals surface area contributed by atoms with Crippen LogP contribution in [-0.2, 0) is 11.3 Å². The van der Waals surface area contributed by atoms with Gasteiger partial charge in [-0.2, -0.15) is 0 Å². The Kier molecular flexibility index (Phi) is 4.00. The molecule has 7 heteroatoms. The second kappa shape index (κ2) is 5.90. The lowest BCUT2D eigenvalue weighted by molar-refractivity contribution is -0.0192. The van der Waals surface area contributed by atoms with Gasteiger partial charge in [0.05, 0.1) is 17.6 Å². The normalized spacial score (nSPS) is 20.4. The van der Waals surface area contributed by atoms with Crippen LogP contribution in [0.15, 0.2) is 26.8 Å². The molecule has 108 valence electrons. The first-order chi connectivity index (χ1) is 9.74.